The van der Waals surface area contributed by atoms with Gasteiger partial charge in [0.25, 0.3) is 0 Å². The number of nitrogens with zero attached hydrogens (tertiary/aromatic N) is 1. The molecule has 0 saturated carbocycles. The van der Waals surface area contributed by atoms with Crippen LogP contribution in [-0.2, 0) is 4.74 Å². The zero-order valence-electron chi connectivity index (χ0n) is 12.4. The highest BCUT2D eigenvalue weighted by molar-refractivity contribution is 5.42. The van der Waals surface area contributed by atoms with Crippen LogP contribution in [0.15, 0.2) is 24.3 Å². The fraction of sp³-hybridized carbons (Fsp3) is 0.533. The van der Waals surface area contributed by atoms with E-state index in [4.69, 9.17) is 14.7 Å². The lowest BCUT2D eigenvalue weighted by Gasteiger charge is -2.08. The first kappa shape index (κ1) is 16.4. The highest BCUT2D eigenvalue weighted by Crippen LogP contribution is 2.15. The first-order chi connectivity index (χ1) is 9.74. The normalized spacial score (nSPS) is 10.5. The molecule has 0 fully saturated rings. The maximum Gasteiger partial charge on any atom is 0.137 e. The van der Waals surface area contributed by atoms with Crippen molar-refractivity contribution in [2.75, 3.05) is 53.6 Å². The van der Waals surface area contributed by atoms with Gasteiger partial charge in [0.05, 0.1) is 39.4 Å². The van der Waals surface area contributed by atoms with Gasteiger partial charge in [0.2, 0.25) is 0 Å². The zero-order valence-corrected chi connectivity index (χ0v) is 12.4. The van der Waals surface area contributed by atoms with Crippen molar-refractivity contribution < 1.29 is 19.7 Å². The number of para-hydroxylation sites is 1. The van der Waals surface area contributed by atoms with Crippen LogP contribution >= 0.6 is 0 Å². The number of nitrogens with two attached hydrogens (primary N) is 1. The number of nitrogens with one attached hydrogen (secondary N) is 1. The van der Waals surface area contributed by atoms with E-state index in [2.05, 4.69) is 25.5 Å². The molecule has 110 valence electrons. The van der Waals surface area contributed by atoms with Crippen LogP contribution in [0.4, 0.5) is 0 Å². The minimum Gasteiger partial charge on any atom is -0.490 e. The summed E-state index contributed by atoms with van der Waals surface area (Å²) in [5.74, 6) is 0.624. The minimum atomic E-state index is 0.473. The number of rotatable bonds is 10. The number of likely N-dealkylation sites (N-methyl/N-ethyl adjacent to an activating group) is 1. The molecule has 0 radical (unpaired) electrons. The lowest BCUT2D eigenvalue weighted by molar-refractivity contribution is -0.874. The summed E-state index contributed by atoms with van der Waals surface area (Å²) in [5, 5.41) is 11.2. The van der Waals surface area contributed by atoms with Crippen molar-refractivity contribution in [3.8, 4) is 11.8 Å². The van der Waals surface area contributed by atoms with Crippen LogP contribution in [-0.4, -0.2) is 53.6 Å². The van der Waals surface area contributed by atoms with E-state index in [0.717, 1.165) is 26.2 Å². The van der Waals surface area contributed by atoms with Crippen molar-refractivity contribution in [2.24, 2.45) is 0 Å². The van der Waals surface area contributed by atoms with Crippen LogP contribution in [0.2, 0.25) is 0 Å². The van der Waals surface area contributed by atoms with E-state index in [1.54, 1.807) is 12.1 Å². The third-order valence-corrected chi connectivity index (χ3v) is 2.81. The molecular weight excluding hydrogens is 254 g/mol. The molecule has 1 aromatic rings. The largest absolute Gasteiger partial charge is 0.490 e. The Hall–Kier alpha value is -1.61. The van der Waals surface area contributed by atoms with E-state index in [0.29, 0.717) is 24.5 Å². The summed E-state index contributed by atoms with van der Waals surface area (Å²) in [6.07, 6.45) is 0. The smallest absolute Gasteiger partial charge is 0.137 e. The highest BCUT2D eigenvalue weighted by Gasteiger charge is 2.01. The van der Waals surface area contributed by atoms with Gasteiger partial charge >= 0.3 is 0 Å². The van der Waals surface area contributed by atoms with Gasteiger partial charge in [-0.3, -0.25) is 0 Å². The molecule has 0 heterocycles. The van der Waals surface area contributed by atoms with Gasteiger partial charge < -0.3 is 19.7 Å². The summed E-state index contributed by atoms with van der Waals surface area (Å²) in [5.41, 5.74) is 0.562. The van der Waals surface area contributed by atoms with Crippen molar-refractivity contribution in [1.29, 1.82) is 5.26 Å². The molecule has 5 heteroatoms. The van der Waals surface area contributed by atoms with Crippen LogP contribution in [0.3, 0.4) is 0 Å². The SMILES string of the molecule is C[NH+](C)CC[NH2+]CCOCCOc1ccccc1C#N. The van der Waals surface area contributed by atoms with Crippen molar-refractivity contribution in [1.82, 2.24) is 0 Å². The third kappa shape index (κ3) is 7.10. The maximum atomic E-state index is 8.91. The van der Waals surface area contributed by atoms with Gasteiger partial charge in [-0.25, -0.2) is 0 Å². The van der Waals surface area contributed by atoms with E-state index < -0.39 is 0 Å². The van der Waals surface area contributed by atoms with E-state index in [-0.39, 0.29) is 0 Å². The first-order valence-corrected chi connectivity index (χ1v) is 7.04. The van der Waals surface area contributed by atoms with Crippen molar-refractivity contribution >= 4 is 0 Å². The topological polar surface area (TPSA) is 63.3 Å². The molecule has 0 aliphatic carbocycles. The Bertz CT molecular complexity index is 416. The zero-order chi connectivity index (χ0) is 14.6. The molecule has 0 unspecified atom stereocenters. The van der Waals surface area contributed by atoms with Gasteiger partial charge in [-0.1, -0.05) is 12.1 Å². The number of nitriles is 1. The third-order valence-electron chi connectivity index (χ3n) is 2.81. The molecule has 0 saturated heterocycles. The summed E-state index contributed by atoms with van der Waals surface area (Å²) < 4.78 is 11.0. The van der Waals surface area contributed by atoms with Gasteiger partial charge in [-0.15, -0.1) is 0 Å². The quantitative estimate of drug-likeness (QED) is 0.521. The summed E-state index contributed by atoms with van der Waals surface area (Å²) in [6.45, 7) is 5.01. The van der Waals surface area contributed by atoms with E-state index >= 15 is 0 Å². The highest BCUT2D eigenvalue weighted by atomic mass is 16.5. The Morgan fingerprint density at radius 2 is 1.95 bits per heavy atom. The van der Waals surface area contributed by atoms with Crippen LogP contribution in [0.5, 0.6) is 5.75 Å². The van der Waals surface area contributed by atoms with Crippen molar-refractivity contribution in [3.05, 3.63) is 29.8 Å². The Balaban J connectivity index is 2.01. The first-order valence-electron chi connectivity index (χ1n) is 7.04. The molecule has 0 atom stereocenters. The predicted octanol–water partition coefficient (Wildman–Crippen LogP) is -1.34. The number of hydrogen-bond acceptors (Lipinski definition) is 3. The van der Waals surface area contributed by atoms with Gasteiger partial charge in [0.15, 0.2) is 0 Å². The predicted molar refractivity (Wildman–Crippen MR) is 76.8 cm³/mol. The van der Waals surface area contributed by atoms with Crippen LogP contribution in [0.25, 0.3) is 0 Å². The average molecular weight is 279 g/mol. The Labute approximate surface area is 121 Å². The molecule has 20 heavy (non-hydrogen) atoms. The molecular formula is C15H25N3O2+2. The van der Waals surface area contributed by atoms with Gasteiger partial charge in [0, 0.05) is 0 Å². The Morgan fingerprint density at radius 3 is 2.70 bits per heavy atom. The molecule has 0 spiro atoms. The number of ether oxygens (including phenoxy) is 2. The standard InChI is InChI=1S/C15H23N3O2/c1-18(2)9-7-17-8-10-19-11-12-20-15-6-4-3-5-14(15)13-16/h3-6,17H,7-12H2,1-2H3/p+2. The second-order valence-corrected chi connectivity index (χ2v) is 4.89. The van der Waals surface area contributed by atoms with E-state index in [1.165, 1.54) is 4.90 Å². The monoisotopic (exact) mass is 279 g/mol. The minimum absolute atomic E-state index is 0.473. The molecule has 1 aromatic carbocycles. The molecule has 0 aliphatic heterocycles. The van der Waals surface area contributed by atoms with Gasteiger partial charge in [0.1, 0.15) is 31.5 Å². The second kappa shape index (κ2) is 10.2. The fourth-order valence-corrected chi connectivity index (χ4v) is 1.70. The maximum absolute atomic E-state index is 8.91. The summed E-state index contributed by atoms with van der Waals surface area (Å²) in [6, 6.07) is 9.34. The van der Waals surface area contributed by atoms with E-state index in [9.17, 15) is 0 Å². The molecule has 0 aromatic heterocycles. The van der Waals surface area contributed by atoms with Crippen LogP contribution < -0.4 is 15.0 Å². The van der Waals surface area contributed by atoms with Crippen LogP contribution in [0.1, 0.15) is 5.56 Å². The number of quaternary nitrogens is 2. The fourth-order valence-electron chi connectivity index (χ4n) is 1.70. The molecule has 0 amide bonds. The Kier molecular flexibility index (Phi) is 8.40. The summed E-state index contributed by atoms with van der Waals surface area (Å²) in [7, 11) is 4.31. The van der Waals surface area contributed by atoms with Gasteiger partial charge in [-0.05, 0) is 12.1 Å². The number of benzene rings is 1. The lowest BCUT2D eigenvalue weighted by Crippen LogP contribution is -3.09. The second-order valence-electron chi connectivity index (χ2n) is 4.89. The molecule has 0 bridgehead atoms. The van der Waals surface area contributed by atoms with Crippen molar-refractivity contribution in [3.63, 3.8) is 0 Å². The molecule has 0 aliphatic rings. The lowest BCUT2D eigenvalue weighted by atomic mass is 10.2. The number of hydrogen-bond donors (Lipinski definition) is 2. The molecule has 3 N–H and O–H groups in total. The van der Waals surface area contributed by atoms with E-state index in [1.807, 2.05) is 12.1 Å². The molecule has 1 rings (SSSR count). The van der Waals surface area contributed by atoms with Crippen LogP contribution in [0, 0.1) is 11.3 Å². The summed E-state index contributed by atoms with van der Waals surface area (Å²) in [4.78, 5) is 1.46. The molecule has 5 nitrogen and oxygen atoms in total. The average Bonchev–Trinajstić information content (AvgIpc) is 2.45. The summed E-state index contributed by atoms with van der Waals surface area (Å²) >= 11 is 0. The van der Waals surface area contributed by atoms with Gasteiger partial charge in [-0.2, -0.15) is 5.26 Å². The van der Waals surface area contributed by atoms with Crippen molar-refractivity contribution in [2.45, 2.75) is 0 Å². The Morgan fingerprint density at radius 1 is 1.15 bits per heavy atom.